The first-order valence-electron chi connectivity index (χ1n) is 3.15. The topological polar surface area (TPSA) is 33.4 Å². The first-order chi connectivity index (χ1) is 5.29. The molecule has 0 atom stereocenters. The summed E-state index contributed by atoms with van der Waals surface area (Å²) in [5, 5.41) is 10.1. The summed E-state index contributed by atoms with van der Waals surface area (Å²) in [7, 11) is 0. The first kappa shape index (κ1) is 6.97. The molecule has 0 saturated carbocycles. The van der Waals surface area contributed by atoms with Gasteiger partial charge >= 0.3 is 0 Å². The van der Waals surface area contributed by atoms with Crippen LogP contribution in [0.3, 0.4) is 0 Å². The molecule has 0 amide bonds. The van der Waals surface area contributed by atoms with Gasteiger partial charge in [-0.3, -0.25) is 0 Å². The van der Waals surface area contributed by atoms with Crippen LogP contribution in [0.5, 0.6) is 5.95 Å². The Bertz CT molecular complexity index is 392. The molecule has 11 heavy (non-hydrogen) atoms. The van der Waals surface area contributed by atoms with Gasteiger partial charge < -0.3 is 9.52 Å². The van der Waals surface area contributed by atoms with Gasteiger partial charge in [-0.15, -0.1) is 0 Å². The maximum atomic E-state index is 9.17. The number of hydrogen-bond acceptors (Lipinski definition) is 2. The predicted octanol–water partition coefficient (Wildman–Crippen LogP) is 2.74. The average Bonchev–Trinajstić information content (AvgIpc) is 2.30. The van der Waals surface area contributed by atoms with E-state index in [2.05, 4.69) is 22.6 Å². The average molecular weight is 260 g/mol. The molecule has 1 aromatic carbocycles. The van der Waals surface area contributed by atoms with Crippen molar-refractivity contribution in [1.82, 2.24) is 0 Å². The summed E-state index contributed by atoms with van der Waals surface area (Å²) in [6.45, 7) is 0. The summed E-state index contributed by atoms with van der Waals surface area (Å²) >= 11 is 2.05. The SMILES string of the molecule is Oc1oc2ccccc2c1I. The number of fused-ring (bicyclic) bond motifs is 1. The van der Waals surface area contributed by atoms with Gasteiger partial charge in [0.15, 0.2) is 0 Å². The highest BCUT2D eigenvalue weighted by Crippen LogP contribution is 2.31. The maximum absolute atomic E-state index is 9.17. The van der Waals surface area contributed by atoms with Gasteiger partial charge in [-0.05, 0) is 34.7 Å². The Labute approximate surface area is 77.0 Å². The van der Waals surface area contributed by atoms with Gasteiger partial charge in [0.25, 0.3) is 5.95 Å². The lowest BCUT2D eigenvalue weighted by Gasteiger charge is -1.83. The zero-order chi connectivity index (χ0) is 7.84. The van der Waals surface area contributed by atoms with Gasteiger partial charge in [0.05, 0.1) is 0 Å². The van der Waals surface area contributed by atoms with Crippen LogP contribution in [0.4, 0.5) is 0 Å². The smallest absolute Gasteiger partial charge is 0.296 e. The molecule has 1 N–H and O–H groups in total. The van der Waals surface area contributed by atoms with Gasteiger partial charge in [-0.1, -0.05) is 12.1 Å². The van der Waals surface area contributed by atoms with Crippen molar-refractivity contribution in [2.45, 2.75) is 0 Å². The molecular formula is C8H5IO2. The lowest BCUT2D eigenvalue weighted by atomic mass is 10.3. The van der Waals surface area contributed by atoms with Gasteiger partial charge in [0, 0.05) is 5.39 Å². The van der Waals surface area contributed by atoms with Crippen LogP contribution in [-0.2, 0) is 0 Å². The zero-order valence-corrected chi connectivity index (χ0v) is 7.70. The van der Waals surface area contributed by atoms with E-state index in [1.807, 2.05) is 24.3 Å². The number of furan rings is 1. The molecule has 2 nitrogen and oxygen atoms in total. The third-order valence-electron chi connectivity index (χ3n) is 1.52. The van der Waals surface area contributed by atoms with Gasteiger partial charge in [0.2, 0.25) is 0 Å². The Kier molecular flexibility index (Phi) is 1.52. The Morgan fingerprint density at radius 1 is 1.27 bits per heavy atom. The summed E-state index contributed by atoms with van der Waals surface area (Å²) in [6.07, 6.45) is 0. The van der Waals surface area contributed by atoms with Gasteiger partial charge in [0.1, 0.15) is 9.15 Å². The second-order valence-electron chi connectivity index (χ2n) is 2.22. The molecule has 3 heteroatoms. The first-order valence-corrected chi connectivity index (χ1v) is 4.23. The van der Waals surface area contributed by atoms with Crippen LogP contribution in [0, 0.1) is 3.57 Å². The van der Waals surface area contributed by atoms with E-state index in [0.717, 1.165) is 14.5 Å². The molecule has 0 aliphatic carbocycles. The zero-order valence-electron chi connectivity index (χ0n) is 5.54. The minimum atomic E-state index is 0.00630. The third-order valence-corrected chi connectivity index (χ3v) is 2.56. The van der Waals surface area contributed by atoms with Crippen LogP contribution in [0.1, 0.15) is 0 Å². The van der Waals surface area contributed by atoms with Crippen molar-refractivity contribution >= 4 is 33.6 Å². The van der Waals surface area contributed by atoms with Crippen LogP contribution in [0.15, 0.2) is 28.7 Å². The quantitative estimate of drug-likeness (QED) is 0.739. The van der Waals surface area contributed by atoms with Gasteiger partial charge in [-0.25, -0.2) is 0 Å². The Hall–Kier alpha value is -0.710. The molecule has 0 aliphatic rings. The van der Waals surface area contributed by atoms with Crippen molar-refractivity contribution in [2.24, 2.45) is 0 Å². The molecule has 1 aromatic heterocycles. The highest BCUT2D eigenvalue weighted by atomic mass is 127. The van der Waals surface area contributed by atoms with E-state index in [-0.39, 0.29) is 5.95 Å². The van der Waals surface area contributed by atoms with Crippen LogP contribution in [0.2, 0.25) is 0 Å². The van der Waals surface area contributed by atoms with Crippen molar-refractivity contribution in [3.63, 3.8) is 0 Å². The van der Waals surface area contributed by atoms with Crippen LogP contribution in [0.25, 0.3) is 11.0 Å². The van der Waals surface area contributed by atoms with E-state index in [0.29, 0.717) is 0 Å². The predicted molar refractivity (Wildman–Crippen MR) is 50.6 cm³/mol. The fourth-order valence-corrected chi connectivity index (χ4v) is 1.56. The van der Waals surface area contributed by atoms with E-state index in [9.17, 15) is 0 Å². The second kappa shape index (κ2) is 2.41. The van der Waals surface area contributed by atoms with Crippen LogP contribution >= 0.6 is 22.6 Å². The molecule has 2 aromatic rings. The lowest BCUT2D eigenvalue weighted by Crippen LogP contribution is -1.64. The summed E-state index contributed by atoms with van der Waals surface area (Å²) in [5.74, 6) is 0.00630. The number of aromatic hydroxyl groups is 1. The Morgan fingerprint density at radius 3 is 2.73 bits per heavy atom. The van der Waals surface area contributed by atoms with Crippen molar-refractivity contribution in [3.05, 3.63) is 27.8 Å². The Balaban J connectivity index is 2.92. The number of hydrogen-bond donors (Lipinski definition) is 1. The van der Waals surface area contributed by atoms with Crippen LogP contribution in [-0.4, -0.2) is 5.11 Å². The number of rotatable bonds is 0. The van der Waals surface area contributed by atoms with E-state index in [1.54, 1.807) is 0 Å². The molecule has 0 fully saturated rings. The summed E-state index contributed by atoms with van der Waals surface area (Å²) in [5.41, 5.74) is 0.731. The van der Waals surface area contributed by atoms with E-state index in [1.165, 1.54) is 0 Å². The van der Waals surface area contributed by atoms with Crippen molar-refractivity contribution in [3.8, 4) is 5.95 Å². The molecule has 0 saturated heterocycles. The fraction of sp³-hybridized carbons (Fsp3) is 0. The second-order valence-corrected chi connectivity index (χ2v) is 3.30. The van der Waals surface area contributed by atoms with E-state index >= 15 is 0 Å². The van der Waals surface area contributed by atoms with Crippen LogP contribution < -0.4 is 0 Å². The van der Waals surface area contributed by atoms with Crippen molar-refractivity contribution in [2.75, 3.05) is 0 Å². The highest BCUT2D eigenvalue weighted by molar-refractivity contribution is 14.1. The fourth-order valence-electron chi connectivity index (χ4n) is 1.00. The highest BCUT2D eigenvalue weighted by Gasteiger charge is 2.08. The van der Waals surface area contributed by atoms with E-state index < -0.39 is 0 Å². The third kappa shape index (κ3) is 0.994. The van der Waals surface area contributed by atoms with Crippen molar-refractivity contribution in [1.29, 1.82) is 0 Å². The number of para-hydroxylation sites is 1. The lowest BCUT2D eigenvalue weighted by molar-refractivity contribution is 0.343. The molecule has 56 valence electrons. The summed E-state index contributed by atoms with van der Waals surface area (Å²) in [6, 6.07) is 7.54. The molecule has 0 spiro atoms. The molecule has 2 rings (SSSR count). The molecular weight excluding hydrogens is 255 g/mol. The molecule has 0 unspecified atom stereocenters. The Morgan fingerprint density at radius 2 is 2.00 bits per heavy atom. The summed E-state index contributed by atoms with van der Waals surface area (Å²) in [4.78, 5) is 0. The number of benzene rings is 1. The van der Waals surface area contributed by atoms with Gasteiger partial charge in [-0.2, -0.15) is 0 Å². The molecule has 0 aliphatic heterocycles. The van der Waals surface area contributed by atoms with Crippen molar-refractivity contribution < 1.29 is 9.52 Å². The standard InChI is InChI=1S/C8H5IO2/c9-7-5-3-1-2-4-6(5)11-8(7)10/h1-4,10H. The van der Waals surface area contributed by atoms with E-state index in [4.69, 9.17) is 9.52 Å². The number of halogens is 1. The molecule has 1 heterocycles. The molecule has 0 radical (unpaired) electrons. The minimum Gasteiger partial charge on any atom is -0.480 e. The largest absolute Gasteiger partial charge is 0.480 e. The maximum Gasteiger partial charge on any atom is 0.296 e. The minimum absolute atomic E-state index is 0.00630. The normalized spacial score (nSPS) is 10.6. The summed E-state index contributed by atoms with van der Waals surface area (Å²) < 4.78 is 5.82. The molecule has 0 bridgehead atoms. The monoisotopic (exact) mass is 260 g/mol.